The Morgan fingerprint density at radius 1 is 0.960 bits per heavy atom. The van der Waals surface area contributed by atoms with Gasteiger partial charge in [0.25, 0.3) is 5.91 Å². The smallest absolute Gasteiger partial charge is 0.255 e. The standard InChI is InChI=1S/C19H22N2O4/c1-3-24-13-18(22)20-15-9-7-8-14(12-15)19(23)21-16-10-5-6-11-17(16)25-4-2/h5-12H,3-4,13H2,1-2H3,(H,20,22)(H,21,23). The molecule has 0 saturated carbocycles. The number of benzene rings is 2. The maximum absolute atomic E-state index is 12.5. The molecule has 2 aromatic rings. The van der Waals surface area contributed by atoms with E-state index >= 15 is 0 Å². The molecule has 2 aromatic carbocycles. The summed E-state index contributed by atoms with van der Waals surface area (Å²) in [7, 11) is 0. The SMILES string of the molecule is CCOCC(=O)Nc1cccc(C(=O)Nc2ccccc2OCC)c1. The van der Waals surface area contributed by atoms with Crippen molar-refractivity contribution in [3.63, 3.8) is 0 Å². The molecule has 0 saturated heterocycles. The van der Waals surface area contributed by atoms with Gasteiger partial charge in [-0.05, 0) is 44.2 Å². The Balaban J connectivity index is 2.07. The zero-order valence-corrected chi connectivity index (χ0v) is 14.4. The molecule has 25 heavy (non-hydrogen) atoms. The number of carbonyl (C=O) groups is 2. The lowest BCUT2D eigenvalue weighted by molar-refractivity contribution is -0.120. The monoisotopic (exact) mass is 342 g/mol. The molecule has 132 valence electrons. The first-order valence-electron chi connectivity index (χ1n) is 8.14. The van der Waals surface area contributed by atoms with E-state index < -0.39 is 0 Å². The van der Waals surface area contributed by atoms with Crippen molar-refractivity contribution in [3.8, 4) is 5.75 Å². The van der Waals surface area contributed by atoms with Crippen LogP contribution in [0.3, 0.4) is 0 Å². The lowest BCUT2D eigenvalue weighted by Gasteiger charge is -2.12. The van der Waals surface area contributed by atoms with Gasteiger partial charge in [-0.25, -0.2) is 0 Å². The molecule has 0 spiro atoms. The molecule has 6 heteroatoms. The van der Waals surface area contributed by atoms with E-state index in [0.29, 0.717) is 35.9 Å². The third-order valence-corrected chi connectivity index (χ3v) is 3.28. The second-order valence-electron chi connectivity index (χ2n) is 5.15. The summed E-state index contributed by atoms with van der Waals surface area (Å²) in [4.78, 5) is 24.2. The van der Waals surface area contributed by atoms with Gasteiger partial charge >= 0.3 is 0 Å². The summed E-state index contributed by atoms with van der Waals surface area (Å²) in [6.45, 7) is 4.66. The first-order chi connectivity index (χ1) is 12.1. The van der Waals surface area contributed by atoms with Gasteiger partial charge in [-0.2, -0.15) is 0 Å². The fourth-order valence-corrected chi connectivity index (χ4v) is 2.18. The van der Waals surface area contributed by atoms with E-state index in [-0.39, 0.29) is 18.4 Å². The molecule has 0 fully saturated rings. The summed E-state index contributed by atoms with van der Waals surface area (Å²) >= 11 is 0. The molecular weight excluding hydrogens is 320 g/mol. The molecule has 0 atom stereocenters. The lowest BCUT2D eigenvalue weighted by Crippen LogP contribution is -2.19. The molecule has 2 rings (SSSR count). The highest BCUT2D eigenvalue weighted by molar-refractivity contribution is 6.06. The van der Waals surface area contributed by atoms with Crippen LogP contribution in [0.25, 0.3) is 0 Å². The van der Waals surface area contributed by atoms with Crippen LogP contribution >= 0.6 is 0 Å². The Hall–Kier alpha value is -2.86. The Kier molecular flexibility index (Phi) is 6.98. The minimum atomic E-state index is -0.284. The van der Waals surface area contributed by atoms with Crippen molar-refractivity contribution >= 4 is 23.2 Å². The van der Waals surface area contributed by atoms with Gasteiger partial charge < -0.3 is 20.1 Å². The molecular formula is C19H22N2O4. The number of hydrogen-bond donors (Lipinski definition) is 2. The molecule has 0 radical (unpaired) electrons. The van der Waals surface area contributed by atoms with Crippen LogP contribution in [0.15, 0.2) is 48.5 Å². The zero-order chi connectivity index (χ0) is 18.1. The van der Waals surface area contributed by atoms with Crippen LogP contribution in [0.4, 0.5) is 11.4 Å². The first kappa shape index (κ1) is 18.5. The summed E-state index contributed by atoms with van der Waals surface area (Å²) in [5, 5.41) is 5.52. The van der Waals surface area contributed by atoms with Crippen molar-refractivity contribution in [1.29, 1.82) is 0 Å². The largest absolute Gasteiger partial charge is 0.492 e. The molecule has 0 heterocycles. The number of anilines is 2. The topological polar surface area (TPSA) is 76.7 Å². The molecule has 0 aliphatic rings. The normalized spacial score (nSPS) is 10.2. The van der Waals surface area contributed by atoms with Gasteiger partial charge in [0.1, 0.15) is 12.4 Å². The second kappa shape index (κ2) is 9.44. The molecule has 0 bridgehead atoms. The molecule has 0 unspecified atom stereocenters. The van der Waals surface area contributed by atoms with Gasteiger partial charge in [-0.3, -0.25) is 9.59 Å². The summed E-state index contributed by atoms with van der Waals surface area (Å²) in [5.74, 6) is 0.0636. The number of carbonyl (C=O) groups excluding carboxylic acids is 2. The highest BCUT2D eigenvalue weighted by atomic mass is 16.5. The molecule has 0 aliphatic carbocycles. The predicted octanol–water partition coefficient (Wildman–Crippen LogP) is 3.31. The minimum Gasteiger partial charge on any atom is -0.492 e. The highest BCUT2D eigenvalue weighted by Gasteiger charge is 2.11. The van der Waals surface area contributed by atoms with Crippen LogP contribution in [0.5, 0.6) is 5.75 Å². The predicted molar refractivity (Wildman–Crippen MR) is 97.1 cm³/mol. The van der Waals surface area contributed by atoms with E-state index in [9.17, 15) is 9.59 Å². The van der Waals surface area contributed by atoms with E-state index in [0.717, 1.165) is 0 Å². The van der Waals surface area contributed by atoms with E-state index in [1.165, 1.54) is 0 Å². The second-order valence-corrected chi connectivity index (χ2v) is 5.15. The third-order valence-electron chi connectivity index (χ3n) is 3.28. The molecule has 2 amide bonds. The van der Waals surface area contributed by atoms with Crippen molar-refractivity contribution in [2.75, 3.05) is 30.5 Å². The maximum Gasteiger partial charge on any atom is 0.255 e. The highest BCUT2D eigenvalue weighted by Crippen LogP contribution is 2.24. The van der Waals surface area contributed by atoms with E-state index in [2.05, 4.69) is 10.6 Å². The fourth-order valence-electron chi connectivity index (χ4n) is 2.18. The number of ether oxygens (including phenoxy) is 2. The Morgan fingerprint density at radius 2 is 1.76 bits per heavy atom. The molecule has 2 N–H and O–H groups in total. The summed E-state index contributed by atoms with van der Waals surface area (Å²) in [6.07, 6.45) is 0. The Bertz CT molecular complexity index is 731. The number of rotatable bonds is 8. The summed E-state index contributed by atoms with van der Waals surface area (Å²) < 4.78 is 10.6. The van der Waals surface area contributed by atoms with Gasteiger partial charge in [0.2, 0.25) is 5.91 Å². The quantitative estimate of drug-likeness (QED) is 0.771. The Morgan fingerprint density at radius 3 is 2.52 bits per heavy atom. The number of para-hydroxylation sites is 2. The molecule has 0 aromatic heterocycles. The van der Waals surface area contributed by atoms with E-state index in [1.807, 2.05) is 26.0 Å². The van der Waals surface area contributed by atoms with Crippen molar-refractivity contribution in [3.05, 3.63) is 54.1 Å². The van der Waals surface area contributed by atoms with Crippen LogP contribution in [0.2, 0.25) is 0 Å². The van der Waals surface area contributed by atoms with Crippen molar-refractivity contribution < 1.29 is 19.1 Å². The average Bonchev–Trinajstić information content (AvgIpc) is 2.62. The van der Waals surface area contributed by atoms with Crippen LogP contribution < -0.4 is 15.4 Å². The molecule has 6 nitrogen and oxygen atoms in total. The number of hydrogen-bond acceptors (Lipinski definition) is 4. The van der Waals surface area contributed by atoms with Crippen LogP contribution in [-0.4, -0.2) is 31.6 Å². The first-order valence-corrected chi connectivity index (χ1v) is 8.14. The lowest BCUT2D eigenvalue weighted by atomic mass is 10.1. The summed E-state index contributed by atoms with van der Waals surface area (Å²) in [6, 6.07) is 13.9. The van der Waals surface area contributed by atoms with Crippen molar-refractivity contribution in [2.45, 2.75) is 13.8 Å². The van der Waals surface area contributed by atoms with Crippen molar-refractivity contribution in [1.82, 2.24) is 0 Å². The van der Waals surface area contributed by atoms with Crippen molar-refractivity contribution in [2.24, 2.45) is 0 Å². The van der Waals surface area contributed by atoms with Gasteiger partial charge in [0.05, 0.1) is 12.3 Å². The Labute approximate surface area is 147 Å². The molecule has 0 aliphatic heterocycles. The van der Waals surface area contributed by atoms with Gasteiger partial charge in [-0.1, -0.05) is 18.2 Å². The van der Waals surface area contributed by atoms with Crippen LogP contribution in [0.1, 0.15) is 24.2 Å². The number of nitrogens with one attached hydrogen (secondary N) is 2. The van der Waals surface area contributed by atoms with Gasteiger partial charge in [0, 0.05) is 17.9 Å². The van der Waals surface area contributed by atoms with Crippen LogP contribution in [0, 0.1) is 0 Å². The van der Waals surface area contributed by atoms with Crippen LogP contribution in [-0.2, 0) is 9.53 Å². The summed E-state index contributed by atoms with van der Waals surface area (Å²) in [5.41, 5.74) is 1.57. The fraction of sp³-hybridized carbons (Fsp3) is 0.263. The van der Waals surface area contributed by atoms with Gasteiger partial charge in [0.15, 0.2) is 0 Å². The third kappa shape index (κ3) is 5.61. The van der Waals surface area contributed by atoms with E-state index in [1.54, 1.807) is 36.4 Å². The average molecular weight is 342 g/mol. The zero-order valence-electron chi connectivity index (χ0n) is 14.4. The number of amides is 2. The van der Waals surface area contributed by atoms with E-state index in [4.69, 9.17) is 9.47 Å². The van der Waals surface area contributed by atoms with Gasteiger partial charge in [-0.15, -0.1) is 0 Å². The maximum atomic E-state index is 12.5. The minimum absolute atomic E-state index is 0.0192.